The minimum atomic E-state index is -0.500. The van der Waals surface area contributed by atoms with Crippen LogP contribution in [0.4, 0.5) is 0 Å². The topological polar surface area (TPSA) is 0 Å². The average molecular weight is 757 g/mol. The molecule has 290 valence electrons. The van der Waals surface area contributed by atoms with Crippen LogP contribution in [0.5, 0.6) is 0 Å². The minimum Gasteiger partial charge on any atom is -0.112 e. The van der Waals surface area contributed by atoms with Gasteiger partial charge in [0.2, 0.25) is 0 Å². The van der Waals surface area contributed by atoms with Gasteiger partial charge < -0.3 is 0 Å². The standard InChI is InChI=1S/C54H66BP/c1-12-13-19-36-29-40(35(3)43(30-36)54(10)25-18-17-24-53(54,8)9)39-22-23-46-49(48(39)42-31-38(28-34(2)50(42)55)37-20-15-14-16-21-37)41-32-44-45(33-47(41)56(46)11)52(6,7)27-26-51(44,4)5/h14-16,20-23,28-33H,12-13,17-19,24-27,55H2,1-11H3. The molecule has 2 aliphatic carbocycles. The van der Waals surface area contributed by atoms with Crippen LogP contribution in [0.2, 0.25) is 0 Å². The van der Waals surface area contributed by atoms with Crippen LogP contribution in [0.3, 0.4) is 0 Å². The van der Waals surface area contributed by atoms with Crippen LogP contribution < -0.4 is 5.46 Å². The maximum Gasteiger partial charge on any atom is 0.140 e. The quantitative estimate of drug-likeness (QED) is 0.142. The molecule has 0 bridgehead atoms. The van der Waals surface area contributed by atoms with Crippen molar-refractivity contribution in [3.05, 3.63) is 112 Å². The highest BCUT2D eigenvalue weighted by Crippen LogP contribution is 2.58. The van der Waals surface area contributed by atoms with Crippen LogP contribution in [-0.2, 0) is 29.3 Å². The van der Waals surface area contributed by atoms with E-state index in [1.165, 1.54) is 118 Å². The zero-order chi connectivity index (χ0) is 39.9. The molecule has 0 spiro atoms. The molecule has 2 unspecified atom stereocenters. The molecule has 5 aromatic carbocycles. The van der Waals surface area contributed by atoms with Gasteiger partial charge in [-0.2, -0.15) is 0 Å². The second kappa shape index (κ2) is 14.1. The fraction of sp³-hybridized carbons (Fsp3) is 0.444. The summed E-state index contributed by atoms with van der Waals surface area (Å²) >= 11 is 0. The lowest BCUT2D eigenvalue weighted by Gasteiger charge is -2.49. The van der Waals surface area contributed by atoms with Crippen molar-refractivity contribution >= 4 is 41.9 Å². The smallest absolute Gasteiger partial charge is 0.112 e. The summed E-state index contributed by atoms with van der Waals surface area (Å²) in [5.74, 6) is 0. The molecule has 0 aliphatic heterocycles. The average Bonchev–Trinajstić information content (AvgIpc) is 3.45. The van der Waals surface area contributed by atoms with Crippen LogP contribution in [-0.4, -0.2) is 7.85 Å². The molecule has 0 radical (unpaired) electrons. The van der Waals surface area contributed by atoms with Crippen LogP contribution in [0.15, 0.2) is 78.9 Å². The number of hydrogen-bond acceptors (Lipinski definition) is 0. The lowest BCUT2D eigenvalue weighted by molar-refractivity contribution is 0.109. The van der Waals surface area contributed by atoms with E-state index in [0.29, 0.717) is 0 Å². The fourth-order valence-electron chi connectivity index (χ4n) is 11.1. The molecule has 56 heavy (non-hydrogen) atoms. The second-order valence-electron chi connectivity index (χ2n) is 20.3. The molecule has 6 aromatic rings. The van der Waals surface area contributed by atoms with Gasteiger partial charge >= 0.3 is 0 Å². The zero-order valence-corrected chi connectivity index (χ0v) is 37.7. The number of unbranched alkanes of at least 4 members (excludes halogenated alkanes) is 1. The van der Waals surface area contributed by atoms with Gasteiger partial charge in [-0.15, -0.1) is 7.53 Å². The van der Waals surface area contributed by atoms with Crippen molar-refractivity contribution in [2.75, 3.05) is 0 Å². The highest BCUT2D eigenvalue weighted by atomic mass is 31.1. The van der Waals surface area contributed by atoms with E-state index in [1.807, 2.05) is 0 Å². The molecule has 0 saturated heterocycles. The molecule has 1 fully saturated rings. The first-order valence-corrected chi connectivity index (χ1v) is 23.7. The number of hydrogen-bond donors (Lipinski definition) is 0. The number of fused-ring (bicyclic) bond motifs is 4. The van der Waals surface area contributed by atoms with Crippen LogP contribution in [0, 0.1) is 19.3 Å². The predicted molar refractivity (Wildman–Crippen MR) is 253 cm³/mol. The lowest BCUT2D eigenvalue weighted by Crippen LogP contribution is -2.42. The molecule has 2 heteroatoms. The van der Waals surface area contributed by atoms with Crippen LogP contribution in [0.1, 0.15) is 140 Å². The first kappa shape index (κ1) is 39.3. The molecular weight excluding hydrogens is 690 g/mol. The maximum absolute atomic E-state index is 2.69. The van der Waals surface area contributed by atoms with Crippen molar-refractivity contribution < 1.29 is 0 Å². The zero-order valence-electron chi connectivity index (χ0n) is 36.8. The third-order valence-corrected chi connectivity index (χ3v) is 17.8. The summed E-state index contributed by atoms with van der Waals surface area (Å²) in [6.07, 6.45) is 11.2. The Bertz CT molecular complexity index is 2490. The van der Waals surface area contributed by atoms with Gasteiger partial charge in [-0.05, 0) is 172 Å². The first-order chi connectivity index (χ1) is 26.5. The summed E-state index contributed by atoms with van der Waals surface area (Å²) in [7, 11) is 1.88. The van der Waals surface area contributed by atoms with E-state index in [0.717, 1.165) is 6.42 Å². The molecule has 2 atom stereocenters. The van der Waals surface area contributed by atoms with Gasteiger partial charge in [0.05, 0.1) is 0 Å². The largest absolute Gasteiger partial charge is 0.140 e. The Morgan fingerprint density at radius 3 is 2.00 bits per heavy atom. The van der Waals surface area contributed by atoms with E-state index in [2.05, 4.69) is 163 Å². The van der Waals surface area contributed by atoms with Gasteiger partial charge in [0, 0.05) is 15.6 Å². The summed E-state index contributed by atoms with van der Waals surface area (Å²) in [6, 6.07) is 31.8. The van der Waals surface area contributed by atoms with Crippen LogP contribution in [0.25, 0.3) is 54.4 Å². The van der Waals surface area contributed by atoms with Crippen molar-refractivity contribution in [2.24, 2.45) is 12.1 Å². The Labute approximate surface area is 341 Å². The van der Waals surface area contributed by atoms with E-state index < -0.39 is 7.53 Å². The highest BCUT2D eigenvalue weighted by Gasteiger charge is 2.45. The number of aryl methyl sites for hydroxylation is 3. The van der Waals surface area contributed by atoms with Gasteiger partial charge in [-0.3, -0.25) is 0 Å². The normalized spacial score (nSPS) is 20.4. The molecular formula is C54H66BP. The summed E-state index contributed by atoms with van der Waals surface area (Å²) in [4.78, 5) is 0. The van der Waals surface area contributed by atoms with Gasteiger partial charge in [-0.25, -0.2) is 0 Å². The molecule has 0 nitrogen and oxygen atoms in total. The maximum atomic E-state index is 2.69. The Morgan fingerprint density at radius 2 is 1.32 bits per heavy atom. The van der Waals surface area contributed by atoms with E-state index in [-0.39, 0.29) is 21.7 Å². The van der Waals surface area contributed by atoms with Crippen molar-refractivity contribution in [3.8, 4) is 33.4 Å². The highest BCUT2D eigenvalue weighted by molar-refractivity contribution is 7.59. The van der Waals surface area contributed by atoms with Gasteiger partial charge in [0.15, 0.2) is 0 Å². The fourth-order valence-corrected chi connectivity index (χ4v) is 13.1. The molecule has 0 amide bonds. The molecule has 0 N–H and O–H groups in total. The Hall–Kier alpha value is -3.54. The lowest BCUT2D eigenvalue weighted by atomic mass is 9.55. The van der Waals surface area contributed by atoms with Crippen molar-refractivity contribution in [2.45, 2.75) is 143 Å². The van der Waals surface area contributed by atoms with E-state index in [1.54, 1.807) is 26.9 Å². The third-order valence-electron chi connectivity index (χ3n) is 15.6. The molecule has 1 aromatic heterocycles. The van der Waals surface area contributed by atoms with E-state index in [4.69, 9.17) is 0 Å². The van der Waals surface area contributed by atoms with Gasteiger partial charge in [0.1, 0.15) is 7.85 Å². The van der Waals surface area contributed by atoms with Crippen molar-refractivity contribution in [3.63, 3.8) is 0 Å². The minimum absolute atomic E-state index is 0.130. The molecule has 2 aliphatic rings. The monoisotopic (exact) mass is 756 g/mol. The van der Waals surface area contributed by atoms with Gasteiger partial charge in [0.25, 0.3) is 0 Å². The molecule has 8 rings (SSSR count). The number of benzene rings is 5. The van der Waals surface area contributed by atoms with Crippen molar-refractivity contribution in [1.82, 2.24) is 0 Å². The Balaban J connectivity index is 1.53. The van der Waals surface area contributed by atoms with E-state index in [9.17, 15) is 0 Å². The predicted octanol–water partition coefficient (Wildman–Crippen LogP) is 14.9. The third kappa shape index (κ3) is 6.26. The summed E-state index contributed by atoms with van der Waals surface area (Å²) in [5.41, 5.74) is 19.5. The van der Waals surface area contributed by atoms with E-state index >= 15 is 0 Å². The second-order valence-corrected chi connectivity index (χ2v) is 22.4. The van der Waals surface area contributed by atoms with Gasteiger partial charge in [-0.1, -0.05) is 140 Å². The van der Waals surface area contributed by atoms with Crippen LogP contribution >= 0.6 is 7.53 Å². The molecule has 1 saturated carbocycles. The first-order valence-electron chi connectivity index (χ1n) is 21.9. The molecule has 1 heterocycles. The number of rotatable bonds is 7. The summed E-state index contributed by atoms with van der Waals surface area (Å²) in [6.45, 7) is 27.3. The van der Waals surface area contributed by atoms with Crippen molar-refractivity contribution in [1.29, 1.82) is 0 Å². The summed E-state index contributed by atoms with van der Waals surface area (Å²) in [5, 5.41) is 6.13. The SMILES string of the molecule is Bc1c(C)cc(-c2ccccc2)cc1-c1c(-c2cc(CCCC)cc(C3(C)CCCCC3(C)C)c2C)ccc2c1c1cc3c(cc1p2C)C(C)(C)CCC3(C)C. The summed E-state index contributed by atoms with van der Waals surface area (Å²) < 4.78 is 0. The Morgan fingerprint density at radius 1 is 0.643 bits per heavy atom. The Kier molecular flexibility index (Phi) is 9.88.